The number of halogens is 1. The van der Waals surface area contributed by atoms with E-state index >= 15 is 0 Å². The van der Waals surface area contributed by atoms with Crippen molar-refractivity contribution in [1.29, 1.82) is 0 Å². The lowest BCUT2D eigenvalue weighted by Crippen LogP contribution is -2.37. The summed E-state index contributed by atoms with van der Waals surface area (Å²) < 4.78 is 26.7. The second-order valence-corrected chi connectivity index (χ2v) is 9.16. The van der Waals surface area contributed by atoms with E-state index in [1.165, 1.54) is 23.9 Å². The number of aromatic nitrogens is 4. The first-order valence-corrected chi connectivity index (χ1v) is 12.3. The van der Waals surface area contributed by atoms with Crippen molar-refractivity contribution in [2.45, 2.75) is 10.9 Å². The Morgan fingerprint density at radius 1 is 1.12 bits per heavy atom. The molecule has 2 aromatic heterocycles. The zero-order valence-electron chi connectivity index (χ0n) is 18.0. The summed E-state index contributed by atoms with van der Waals surface area (Å²) in [5.74, 6) is 1.82. The molecule has 0 spiro atoms. The zero-order chi connectivity index (χ0) is 22.6. The third-order valence-corrected chi connectivity index (χ3v) is 7.10. The zero-order valence-corrected chi connectivity index (χ0v) is 19.6. The van der Waals surface area contributed by atoms with Gasteiger partial charge >= 0.3 is 0 Å². The van der Waals surface area contributed by atoms with Gasteiger partial charge in [0.25, 0.3) is 0 Å². The van der Waals surface area contributed by atoms with Crippen LogP contribution in [0.4, 0.5) is 10.3 Å². The van der Waals surface area contributed by atoms with Gasteiger partial charge in [0.2, 0.25) is 5.95 Å². The van der Waals surface area contributed by atoms with Crippen LogP contribution in [0.1, 0.15) is 5.69 Å². The van der Waals surface area contributed by atoms with Crippen LogP contribution in [0.5, 0.6) is 5.75 Å². The molecule has 2 aromatic carbocycles. The molecule has 0 unspecified atom stereocenters. The summed E-state index contributed by atoms with van der Waals surface area (Å²) in [5.41, 5.74) is 2.66. The van der Waals surface area contributed by atoms with Gasteiger partial charge in [-0.2, -0.15) is 0 Å². The van der Waals surface area contributed by atoms with Gasteiger partial charge in [0.15, 0.2) is 5.16 Å². The van der Waals surface area contributed by atoms with E-state index in [1.807, 2.05) is 40.3 Å². The van der Waals surface area contributed by atoms with Crippen molar-refractivity contribution < 1.29 is 13.9 Å². The Morgan fingerprint density at radius 2 is 1.97 bits per heavy atom. The molecule has 4 aromatic rings. The minimum atomic E-state index is -0.299. The highest BCUT2D eigenvalue weighted by Gasteiger charge is 2.22. The number of hydrogen-bond donors (Lipinski definition) is 0. The highest BCUT2D eigenvalue weighted by atomic mass is 32.2. The number of benzene rings is 2. The summed E-state index contributed by atoms with van der Waals surface area (Å²) in [5, 5.41) is 12.5. The van der Waals surface area contributed by atoms with Gasteiger partial charge in [-0.25, -0.2) is 9.37 Å². The van der Waals surface area contributed by atoms with Crippen LogP contribution in [0.15, 0.2) is 59.1 Å². The molecule has 0 N–H and O–H groups in total. The molecule has 0 saturated carbocycles. The maximum atomic E-state index is 14.0. The summed E-state index contributed by atoms with van der Waals surface area (Å²) in [7, 11) is 1.66. The lowest BCUT2D eigenvalue weighted by Gasteiger charge is -2.27. The number of rotatable bonds is 7. The van der Waals surface area contributed by atoms with E-state index < -0.39 is 0 Å². The molecule has 0 amide bonds. The summed E-state index contributed by atoms with van der Waals surface area (Å²) in [6.07, 6.45) is 0. The average molecular weight is 484 g/mol. The average Bonchev–Trinajstić information content (AvgIpc) is 3.51. The molecule has 0 atom stereocenters. The Kier molecular flexibility index (Phi) is 6.56. The highest BCUT2D eigenvalue weighted by Crippen LogP contribution is 2.32. The smallest absolute Gasteiger partial charge is 0.232 e. The first-order valence-electron chi connectivity index (χ1n) is 10.5. The van der Waals surface area contributed by atoms with Gasteiger partial charge in [0.1, 0.15) is 16.6 Å². The van der Waals surface area contributed by atoms with Gasteiger partial charge in [-0.3, -0.25) is 4.57 Å². The van der Waals surface area contributed by atoms with Crippen molar-refractivity contribution in [2.24, 2.45) is 0 Å². The monoisotopic (exact) mass is 483 g/mol. The molecule has 1 fully saturated rings. The van der Waals surface area contributed by atoms with Crippen molar-refractivity contribution in [1.82, 2.24) is 19.7 Å². The molecule has 170 valence electrons. The number of thioether (sulfide) groups is 1. The van der Waals surface area contributed by atoms with Gasteiger partial charge in [-0.1, -0.05) is 30.0 Å². The van der Waals surface area contributed by atoms with Crippen LogP contribution in [-0.2, 0) is 10.5 Å². The molecule has 10 heteroatoms. The molecule has 0 aliphatic carbocycles. The molecule has 33 heavy (non-hydrogen) atoms. The van der Waals surface area contributed by atoms with Crippen molar-refractivity contribution in [2.75, 3.05) is 38.3 Å². The molecule has 0 radical (unpaired) electrons. The lowest BCUT2D eigenvalue weighted by molar-refractivity contribution is 0.122. The molecule has 7 nitrogen and oxygen atoms in total. The molecular weight excluding hydrogens is 461 g/mol. The van der Waals surface area contributed by atoms with Crippen LogP contribution in [0.25, 0.3) is 16.3 Å². The number of ether oxygens (including phenoxy) is 2. The number of hydrogen-bond acceptors (Lipinski definition) is 8. The third-order valence-electron chi connectivity index (χ3n) is 5.19. The molecule has 1 saturated heterocycles. The third kappa shape index (κ3) is 4.87. The first kappa shape index (κ1) is 21.9. The Labute approximate surface area is 199 Å². The quantitative estimate of drug-likeness (QED) is 0.354. The fourth-order valence-corrected chi connectivity index (χ4v) is 5.33. The summed E-state index contributed by atoms with van der Waals surface area (Å²) in [6, 6.07) is 14.4. The molecular formula is C23H22FN5O2S2. The Hall–Kier alpha value is -2.95. The van der Waals surface area contributed by atoms with Gasteiger partial charge in [-0.05, 0) is 30.3 Å². The van der Waals surface area contributed by atoms with E-state index in [0.29, 0.717) is 48.8 Å². The Balaban J connectivity index is 1.39. The molecule has 0 bridgehead atoms. The standard InChI is InChI=1S/C23H22FN5O2S2/c1-30-20-7-2-4-16(12-20)21-25-18(14-32-21)15-33-23-27-26-22(28-8-10-31-11-9-28)29(23)19-6-3-5-17(24)13-19/h2-7,12-14H,8-11,15H2,1H3. The largest absolute Gasteiger partial charge is 0.497 e. The second kappa shape index (κ2) is 9.90. The number of nitrogens with zero attached hydrogens (tertiary/aromatic N) is 5. The topological polar surface area (TPSA) is 65.3 Å². The van der Waals surface area contributed by atoms with E-state index in [1.54, 1.807) is 24.5 Å². The van der Waals surface area contributed by atoms with E-state index in [4.69, 9.17) is 14.5 Å². The van der Waals surface area contributed by atoms with Crippen molar-refractivity contribution in [3.05, 3.63) is 65.4 Å². The van der Waals surface area contributed by atoms with Crippen molar-refractivity contribution in [3.63, 3.8) is 0 Å². The van der Waals surface area contributed by atoms with Crippen LogP contribution < -0.4 is 9.64 Å². The Morgan fingerprint density at radius 3 is 2.79 bits per heavy atom. The first-order chi connectivity index (χ1) is 16.2. The predicted octanol–water partition coefficient (Wildman–Crippen LogP) is 4.67. The van der Waals surface area contributed by atoms with Gasteiger partial charge in [-0.15, -0.1) is 21.5 Å². The minimum absolute atomic E-state index is 0.299. The highest BCUT2D eigenvalue weighted by molar-refractivity contribution is 7.98. The molecule has 1 aliphatic heterocycles. The van der Waals surface area contributed by atoms with Gasteiger partial charge in [0, 0.05) is 29.8 Å². The van der Waals surface area contributed by atoms with E-state index in [9.17, 15) is 4.39 Å². The van der Waals surface area contributed by atoms with E-state index in [2.05, 4.69) is 15.1 Å². The maximum Gasteiger partial charge on any atom is 0.232 e. The van der Waals surface area contributed by atoms with Crippen LogP contribution >= 0.6 is 23.1 Å². The fraction of sp³-hybridized carbons (Fsp3) is 0.261. The summed E-state index contributed by atoms with van der Waals surface area (Å²) in [4.78, 5) is 6.90. The Bertz CT molecular complexity index is 1240. The summed E-state index contributed by atoms with van der Waals surface area (Å²) >= 11 is 3.12. The van der Waals surface area contributed by atoms with Crippen LogP contribution in [0.2, 0.25) is 0 Å². The minimum Gasteiger partial charge on any atom is -0.497 e. The predicted molar refractivity (Wildman–Crippen MR) is 128 cm³/mol. The van der Waals surface area contributed by atoms with Crippen molar-refractivity contribution in [3.8, 4) is 22.0 Å². The second-order valence-electron chi connectivity index (χ2n) is 7.36. The van der Waals surface area contributed by atoms with Gasteiger partial charge < -0.3 is 14.4 Å². The van der Waals surface area contributed by atoms with E-state index in [0.717, 1.165) is 22.0 Å². The number of morpholine rings is 1. The van der Waals surface area contributed by atoms with Crippen LogP contribution in [0, 0.1) is 5.82 Å². The molecule has 5 rings (SSSR count). The summed E-state index contributed by atoms with van der Waals surface area (Å²) in [6.45, 7) is 2.69. The molecule has 1 aliphatic rings. The van der Waals surface area contributed by atoms with Crippen molar-refractivity contribution >= 4 is 29.0 Å². The van der Waals surface area contributed by atoms with Crippen LogP contribution in [-0.4, -0.2) is 53.2 Å². The fourth-order valence-electron chi connectivity index (χ4n) is 3.57. The number of methoxy groups -OCH3 is 1. The SMILES string of the molecule is COc1cccc(-c2nc(CSc3nnc(N4CCOCC4)n3-c3cccc(F)c3)cs2)c1. The molecule has 3 heterocycles. The van der Waals surface area contributed by atoms with E-state index in [-0.39, 0.29) is 5.82 Å². The lowest BCUT2D eigenvalue weighted by atomic mass is 10.2. The maximum absolute atomic E-state index is 14.0. The van der Waals surface area contributed by atoms with Gasteiger partial charge in [0.05, 0.1) is 31.7 Å². The normalized spacial score (nSPS) is 13.9. The number of thiazole rings is 1. The van der Waals surface area contributed by atoms with Crippen LogP contribution in [0.3, 0.4) is 0 Å². The number of anilines is 1.